The molecule has 6 heteroatoms. The predicted octanol–water partition coefficient (Wildman–Crippen LogP) is 1.20. The number of thiophene rings is 1. The molecule has 0 saturated carbocycles. The summed E-state index contributed by atoms with van der Waals surface area (Å²) in [4.78, 5) is 24.8. The first-order valence-electron chi connectivity index (χ1n) is 5.49. The van der Waals surface area contributed by atoms with E-state index in [1.54, 1.807) is 11.0 Å². The number of amides is 1. The minimum Gasteiger partial charge on any atom is -0.478 e. The molecular weight excluding hydrogens is 254 g/mol. The second-order valence-corrected chi connectivity index (χ2v) is 4.84. The first-order valence-corrected chi connectivity index (χ1v) is 6.37. The minimum absolute atomic E-state index is 0.0252. The average molecular weight is 267 g/mol. The first-order chi connectivity index (χ1) is 8.66. The fourth-order valence-corrected chi connectivity index (χ4v) is 2.56. The number of hydrogen-bond acceptors (Lipinski definition) is 4. The van der Waals surface area contributed by atoms with Crippen molar-refractivity contribution in [2.24, 2.45) is 0 Å². The second kappa shape index (κ2) is 5.79. The standard InChI is InChI=1S/C12H13NO4S/c14-11-8-17-5-4-13(11)7-10-9(3-6-18-10)1-2-12(15)16/h1-3,6H,4-5,7-8H2,(H,15,16). The van der Waals surface area contributed by atoms with Crippen LogP contribution in [-0.2, 0) is 20.9 Å². The third-order valence-electron chi connectivity index (χ3n) is 2.60. The maximum absolute atomic E-state index is 11.6. The summed E-state index contributed by atoms with van der Waals surface area (Å²) in [5.74, 6) is -1.00. The second-order valence-electron chi connectivity index (χ2n) is 3.84. The van der Waals surface area contributed by atoms with Crippen LogP contribution in [0, 0.1) is 0 Å². The molecule has 2 heterocycles. The van der Waals surface area contributed by atoms with Gasteiger partial charge in [0.25, 0.3) is 0 Å². The molecule has 0 radical (unpaired) electrons. The van der Waals surface area contributed by atoms with Gasteiger partial charge < -0.3 is 14.7 Å². The number of hydrogen-bond donors (Lipinski definition) is 1. The van der Waals surface area contributed by atoms with Crippen LogP contribution in [0.25, 0.3) is 6.08 Å². The van der Waals surface area contributed by atoms with Gasteiger partial charge in [0.2, 0.25) is 5.91 Å². The van der Waals surface area contributed by atoms with Crippen LogP contribution in [0.5, 0.6) is 0 Å². The van der Waals surface area contributed by atoms with Crippen LogP contribution in [0.3, 0.4) is 0 Å². The number of aliphatic carboxylic acids is 1. The van der Waals surface area contributed by atoms with Gasteiger partial charge in [-0.05, 0) is 23.1 Å². The maximum atomic E-state index is 11.6. The molecule has 1 fully saturated rings. The van der Waals surface area contributed by atoms with E-state index in [-0.39, 0.29) is 12.5 Å². The van der Waals surface area contributed by atoms with E-state index >= 15 is 0 Å². The molecule has 96 valence electrons. The van der Waals surface area contributed by atoms with Crippen LogP contribution in [0.4, 0.5) is 0 Å². The van der Waals surface area contributed by atoms with Gasteiger partial charge in [0, 0.05) is 17.5 Å². The Morgan fingerprint density at radius 3 is 3.17 bits per heavy atom. The highest BCUT2D eigenvalue weighted by Gasteiger charge is 2.19. The van der Waals surface area contributed by atoms with Crippen molar-refractivity contribution in [3.05, 3.63) is 28.0 Å². The van der Waals surface area contributed by atoms with Gasteiger partial charge in [0.05, 0.1) is 13.2 Å². The molecular formula is C12H13NO4S. The van der Waals surface area contributed by atoms with Crippen LogP contribution >= 0.6 is 11.3 Å². The van der Waals surface area contributed by atoms with Crippen molar-refractivity contribution < 1.29 is 19.4 Å². The summed E-state index contributed by atoms with van der Waals surface area (Å²) in [6.45, 7) is 1.78. The number of carboxylic acids is 1. The summed E-state index contributed by atoms with van der Waals surface area (Å²) in [6.07, 6.45) is 2.66. The zero-order valence-corrected chi connectivity index (χ0v) is 10.5. The van der Waals surface area contributed by atoms with E-state index < -0.39 is 5.97 Å². The fourth-order valence-electron chi connectivity index (χ4n) is 1.68. The zero-order valence-electron chi connectivity index (χ0n) is 9.67. The molecule has 1 N–H and O–H groups in total. The molecule has 2 rings (SSSR count). The van der Waals surface area contributed by atoms with Crippen LogP contribution in [0.15, 0.2) is 17.5 Å². The first kappa shape index (κ1) is 12.8. The summed E-state index contributed by atoms with van der Waals surface area (Å²) in [6, 6.07) is 1.85. The number of carbonyl (C=O) groups excluding carboxylic acids is 1. The van der Waals surface area contributed by atoms with Gasteiger partial charge in [-0.15, -0.1) is 11.3 Å². The number of rotatable bonds is 4. The van der Waals surface area contributed by atoms with Gasteiger partial charge in [-0.3, -0.25) is 4.79 Å². The number of carbonyl (C=O) groups is 2. The van der Waals surface area contributed by atoms with Crippen LogP contribution in [-0.4, -0.2) is 41.6 Å². The van der Waals surface area contributed by atoms with Crippen molar-refractivity contribution in [3.8, 4) is 0 Å². The van der Waals surface area contributed by atoms with Crippen molar-refractivity contribution >= 4 is 29.3 Å². The third kappa shape index (κ3) is 3.18. The highest BCUT2D eigenvalue weighted by atomic mass is 32.1. The summed E-state index contributed by atoms with van der Waals surface area (Å²) in [7, 11) is 0. The summed E-state index contributed by atoms with van der Waals surface area (Å²) >= 11 is 1.52. The van der Waals surface area contributed by atoms with E-state index in [1.165, 1.54) is 11.3 Å². The quantitative estimate of drug-likeness (QED) is 0.833. The van der Waals surface area contributed by atoms with Crippen LogP contribution in [0.2, 0.25) is 0 Å². The molecule has 1 aliphatic rings. The van der Waals surface area contributed by atoms with Gasteiger partial charge in [-0.25, -0.2) is 4.79 Å². The minimum atomic E-state index is -0.977. The van der Waals surface area contributed by atoms with E-state index in [4.69, 9.17) is 9.84 Å². The van der Waals surface area contributed by atoms with Gasteiger partial charge in [-0.2, -0.15) is 0 Å². The third-order valence-corrected chi connectivity index (χ3v) is 3.53. The molecule has 0 aromatic carbocycles. The molecule has 1 aromatic rings. The molecule has 0 bridgehead atoms. The van der Waals surface area contributed by atoms with Crippen molar-refractivity contribution in [1.29, 1.82) is 0 Å². The number of morpholine rings is 1. The van der Waals surface area contributed by atoms with Gasteiger partial charge >= 0.3 is 5.97 Å². The molecule has 0 atom stereocenters. The number of ether oxygens (including phenoxy) is 1. The summed E-state index contributed by atoms with van der Waals surface area (Å²) in [5.41, 5.74) is 0.849. The van der Waals surface area contributed by atoms with Crippen LogP contribution in [0.1, 0.15) is 10.4 Å². The Bertz CT molecular complexity index is 480. The molecule has 0 unspecified atom stereocenters. The lowest BCUT2D eigenvalue weighted by molar-refractivity contribution is -0.143. The van der Waals surface area contributed by atoms with Crippen molar-refractivity contribution in [2.75, 3.05) is 19.8 Å². The Morgan fingerprint density at radius 2 is 2.44 bits per heavy atom. The van der Waals surface area contributed by atoms with Gasteiger partial charge in [-0.1, -0.05) is 0 Å². The Kier molecular flexibility index (Phi) is 4.11. The maximum Gasteiger partial charge on any atom is 0.328 e. The lowest BCUT2D eigenvalue weighted by atomic mass is 10.2. The molecule has 1 aromatic heterocycles. The SMILES string of the molecule is O=C(O)C=Cc1ccsc1CN1CCOCC1=O. The van der Waals surface area contributed by atoms with Gasteiger partial charge in [0.1, 0.15) is 6.61 Å². The topological polar surface area (TPSA) is 66.8 Å². The van der Waals surface area contributed by atoms with Gasteiger partial charge in [0.15, 0.2) is 0 Å². The Hall–Kier alpha value is -1.66. The van der Waals surface area contributed by atoms with Crippen molar-refractivity contribution in [1.82, 2.24) is 4.90 Å². The number of nitrogens with zero attached hydrogens (tertiary/aromatic N) is 1. The Balaban J connectivity index is 2.07. The normalized spacial score (nSPS) is 16.4. The fraction of sp³-hybridized carbons (Fsp3) is 0.333. The summed E-state index contributed by atoms with van der Waals surface area (Å²) < 4.78 is 5.06. The lowest BCUT2D eigenvalue weighted by Gasteiger charge is -2.26. The molecule has 1 aliphatic heterocycles. The van der Waals surface area contributed by atoms with Crippen molar-refractivity contribution in [2.45, 2.75) is 6.54 Å². The molecule has 1 amide bonds. The Morgan fingerprint density at radius 1 is 1.61 bits per heavy atom. The zero-order chi connectivity index (χ0) is 13.0. The Labute approximate surface area is 108 Å². The van der Waals surface area contributed by atoms with E-state index in [1.807, 2.05) is 11.4 Å². The lowest BCUT2D eigenvalue weighted by Crippen LogP contribution is -2.40. The van der Waals surface area contributed by atoms with E-state index in [2.05, 4.69) is 0 Å². The highest BCUT2D eigenvalue weighted by Crippen LogP contribution is 2.21. The van der Waals surface area contributed by atoms with E-state index in [0.717, 1.165) is 16.5 Å². The average Bonchev–Trinajstić information content (AvgIpc) is 2.77. The largest absolute Gasteiger partial charge is 0.478 e. The summed E-state index contributed by atoms with van der Waals surface area (Å²) in [5, 5.41) is 10.5. The van der Waals surface area contributed by atoms with E-state index in [0.29, 0.717) is 19.7 Å². The number of carboxylic acid groups (broad SMARTS) is 1. The van der Waals surface area contributed by atoms with E-state index in [9.17, 15) is 9.59 Å². The monoisotopic (exact) mass is 267 g/mol. The highest BCUT2D eigenvalue weighted by molar-refractivity contribution is 7.10. The van der Waals surface area contributed by atoms with Crippen molar-refractivity contribution in [3.63, 3.8) is 0 Å². The molecule has 1 saturated heterocycles. The smallest absolute Gasteiger partial charge is 0.328 e. The predicted molar refractivity (Wildman–Crippen MR) is 67.2 cm³/mol. The molecule has 0 spiro atoms. The van der Waals surface area contributed by atoms with Crippen LogP contribution < -0.4 is 0 Å². The molecule has 0 aliphatic carbocycles. The molecule has 18 heavy (non-hydrogen) atoms. The molecule has 5 nitrogen and oxygen atoms in total.